The number of nitrogens with one attached hydrogen (secondary N) is 1. The predicted molar refractivity (Wildman–Crippen MR) is 139 cm³/mol. The first kappa shape index (κ1) is 27.5. The number of aliphatic imine (C=N–C) groups is 1. The number of fused-ring (bicyclic) bond motifs is 1. The number of guanidine groups is 1. The number of hydrogen-bond donors (Lipinski definition) is 2. The lowest BCUT2D eigenvalue weighted by atomic mass is 9.87. The van der Waals surface area contributed by atoms with Gasteiger partial charge in [-0.15, -0.1) is 0 Å². The van der Waals surface area contributed by atoms with Crippen LogP contribution in [0.5, 0.6) is 5.75 Å². The number of alkyl halides is 2. The molecule has 2 aliphatic rings. The summed E-state index contributed by atoms with van der Waals surface area (Å²) in [5.74, 6) is 0.252. The zero-order valence-corrected chi connectivity index (χ0v) is 21.7. The number of carbonyl (C=O) groups excluding carboxylic acids is 2. The van der Waals surface area contributed by atoms with Crippen molar-refractivity contribution in [1.82, 2.24) is 10.2 Å². The molecule has 2 atom stereocenters. The van der Waals surface area contributed by atoms with Gasteiger partial charge in [0.15, 0.2) is 5.96 Å². The Hall–Kier alpha value is -3.53. The first-order valence-electron chi connectivity index (χ1n) is 13.0. The van der Waals surface area contributed by atoms with Crippen LogP contribution in [-0.2, 0) is 9.53 Å². The van der Waals surface area contributed by atoms with E-state index in [0.717, 1.165) is 11.3 Å². The van der Waals surface area contributed by atoms with E-state index < -0.39 is 18.2 Å². The summed E-state index contributed by atoms with van der Waals surface area (Å²) in [5.41, 5.74) is 7.59. The smallest absolute Gasteiger partial charge is 0.345 e. The summed E-state index contributed by atoms with van der Waals surface area (Å²) in [6.45, 7) is 1.15. The van der Waals surface area contributed by atoms with E-state index in [2.05, 4.69) is 15.0 Å². The standard InChI is InChI=1S/C28H34F2N4O4/c1-3-28(4-2)17-24(35)34(27(31)33-28)22(13-15-38-26(29)30)18-8-7-9-19(16-18)25(36)32-21-12-14-37-23-11-6-5-10-20(21)23/h5-11,16,21-22,26H,3-4,12-15,17H2,1-2H3,(H2,31,33)(H,32,36)/t21-,22?/m0/s1. The minimum Gasteiger partial charge on any atom is -0.493 e. The number of halogens is 2. The number of benzene rings is 2. The van der Waals surface area contributed by atoms with E-state index in [1.807, 2.05) is 38.1 Å². The summed E-state index contributed by atoms with van der Waals surface area (Å²) in [5, 5.41) is 3.07. The number of amides is 2. The van der Waals surface area contributed by atoms with Crippen molar-refractivity contribution in [2.24, 2.45) is 10.7 Å². The topological polar surface area (TPSA) is 106 Å². The normalized spacial score (nSPS) is 19.4. The average molecular weight is 529 g/mol. The molecule has 0 saturated heterocycles. The Labute approximate surface area is 221 Å². The number of ether oxygens (including phenoxy) is 2. The molecule has 0 spiro atoms. The number of carbonyl (C=O) groups is 2. The Bertz CT molecular complexity index is 1180. The van der Waals surface area contributed by atoms with Crippen LogP contribution in [0.1, 0.15) is 79.5 Å². The number of para-hydroxylation sites is 1. The molecule has 0 bridgehead atoms. The quantitative estimate of drug-likeness (QED) is 0.464. The van der Waals surface area contributed by atoms with Crippen LogP contribution < -0.4 is 15.8 Å². The van der Waals surface area contributed by atoms with Gasteiger partial charge in [-0.2, -0.15) is 8.78 Å². The van der Waals surface area contributed by atoms with E-state index in [4.69, 9.17) is 10.5 Å². The summed E-state index contributed by atoms with van der Waals surface area (Å²) in [6.07, 6.45) is 2.13. The van der Waals surface area contributed by atoms with Crippen LogP contribution in [0, 0.1) is 0 Å². The highest BCUT2D eigenvalue weighted by molar-refractivity contribution is 6.00. The van der Waals surface area contributed by atoms with Gasteiger partial charge >= 0.3 is 6.61 Å². The largest absolute Gasteiger partial charge is 0.493 e. The van der Waals surface area contributed by atoms with Crippen molar-refractivity contribution >= 4 is 17.8 Å². The number of hydrogen-bond acceptors (Lipinski definition) is 6. The zero-order valence-electron chi connectivity index (χ0n) is 21.7. The van der Waals surface area contributed by atoms with E-state index in [1.54, 1.807) is 24.3 Å². The van der Waals surface area contributed by atoms with Crippen LogP contribution in [0.2, 0.25) is 0 Å². The van der Waals surface area contributed by atoms with Gasteiger partial charge in [0.25, 0.3) is 5.91 Å². The second-order valence-electron chi connectivity index (χ2n) is 9.60. The van der Waals surface area contributed by atoms with Gasteiger partial charge < -0.3 is 20.5 Å². The van der Waals surface area contributed by atoms with Crippen LogP contribution >= 0.6 is 0 Å². The van der Waals surface area contributed by atoms with Gasteiger partial charge in [-0.25, -0.2) is 4.99 Å². The molecule has 204 valence electrons. The fourth-order valence-electron chi connectivity index (χ4n) is 5.16. The fourth-order valence-corrected chi connectivity index (χ4v) is 5.16. The Morgan fingerprint density at radius 3 is 2.71 bits per heavy atom. The summed E-state index contributed by atoms with van der Waals surface area (Å²) in [4.78, 5) is 32.6. The summed E-state index contributed by atoms with van der Waals surface area (Å²) in [6, 6.07) is 13.4. The molecule has 4 rings (SSSR count). The highest BCUT2D eigenvalue weighted by atomic mass is 19.3. The van der Waals surface area contributed by atoms with E-state index in [-0.39, 0.29) is 43.3 Å². The van der Waals surface area contributed by atoms with Gasteiger partial charge in [0.1, 0.15) is 5.75 Å². The van der Waals surface area contributed by atoms with Crippen molar-refractivity contribution < 1.29 is 27.8 Å². The second kappa shape index (κ2) is 11.9. The molecule has 3 N–H and O–H groups in total. The third-order valence-corrected chi connectivity index (χ3v) is 7.41. The molecule has 0 radical (unpaired) electrons. The lowest BCUT2D eigenvalue weighted by Crippen LogP contribution is -2.52. The molecule has 2 aromatic rings. The van der Waals surface area contributed by atoms with Crippen LogP contribution in [0.15, 0.2) is 53.5 Å². The SMILES string of the molecule is CCC1(CC)CC(=O)N(C(CCOC(F)F)c2cccc(C(=O)N[C@H]3CCOc4ccccc43)c2)C(N)=N1. The van der Waals surface area contributed by atoms with Gasteiger partial charge in [0.2, 0.25) is 5.91 Å². The molecule has 10 heteroatoms. The molecule has 1 unspecified atom stereocenters. The lowest BCUT2D eigenvalue weighted by molar-refractivity contribution is -0.137. The molecule has 0 aromatic heterocycles. The highest BCUT2D eigenvalue weighted by Gasteiger charge is 2.40. The van der Waals surface area contributed by atoms with Gasteiger partial charge in [-0.05, 0) is 43.0 Å². The summed E-state index contributed by atoms with van der Waals surface area (Å²) in [7, 11) is 0. The fraction of sp³-hybridized carbons (Fsp3) is 0.464. The van der Waals surface area contributed by atoms with E-state index in [1.165, 1.54) is 4.90 Å². The maximum atomic E-state index is 13.3. The zero-order chi connectivity index (χ0) is 27.3. The van der Waals surface area contributed by atoms with Crippen LogP contribution in [-0.4, -0.2) is 48.0 Å². The van der Waals surface area contributed by atoms with E-state index >= 15 is 0 Å². The van der Waals surface area contributed by atoms with E-state index in [0.29, 0.717) is 37.0 Å². The minimum atomic E-state index is -2.94. The maximum Gasteiger partial charge on any atom is 0.345 e. The molecule has 0 saturated carbocycles. The number of nitrogens with zero attached hydrogens (tertiary/aromatic N) is 2. The van der Waals surface area contributed by atoms with Gasteiger partial charge in [0, 0.05) is 17.5 Å². The van der Waals surface area contributed by atoms with Crippen molar-refractivity contribution in [3.63, 3.8) is 0 Å². The monoisotopic (exact) mass is 528 g/mol. The molecule has 2 aromatic carbocycles. The third kappa shape index (κ3) is 5.96. The van der Waals surface area contributed by atoms with Crippen molar-refractivity contribution in [3.8, 4) is 5.75 Å². The van der Waals surface area contributed by atoms with Crippen LogP contribution in [0.4, 0.5) is 8.78 Å². The van der Waals surface area contributed by atoms with Crippen molar-refractivity contribution in [2.45, 2.75) is 70.2 Å². The Morgan fingerprint density at radius 1 is 1.24 bits per heavy atom. The van der Waals surface area contributed by atoms with Gasteiger partial charge in [0.05, 0.1) is 37.3 Å². The maximum absolute atomic E-state index is 13.3. The highest BCUT2D eigenvalue weighted by Crippen LogP contribution is 2.35. The van der Waals surface area contributed by atoms with Gasteiger partial charge in [-0.1, -0.05) is 44.2 Å². The first-order valence-corrected chi connectivity index (χ1v) is 13.0. The van der Waals surface area contributed by atoms with E-state index in [9.17, 15) is 18.4 Å². The molecule has 2 aliphatic heterocycles. The summed E-state index contributed by atoms with van der Waals surface area (Å²) < 4.78 is 35.7. The van der Waals surface area contributed by atoms with Gasteiger partial charge in [-0.3, -0.25) is 14.5 Å². The molecule has 8 nitrogen and oxygen atoms in total. The molecular formula is C28H34F2N4O4. The third-order valence-electron chi connectivity index (χ3n) is 7.41. The molecule has 0 fully saturated rings. The second-order valence-corrected chi connectivity index (χ2v) is 9.60. The Kier molecular flexibility index (Phi) is 8.61. The van der Waals surface area contributed by atoms with Crippen LogP contribution in [0.3, 0.4) is 0 Å². The minimum absolute atomic E-state index is 0.0423. The van der Waals surface area contributed by atoms with Crippen molar-refractivity contribution in [1.29, 1.82) is 0 Å². The number of nitrogens with two attached hydrogens (primary N) is 1. The van der Waals surface area contributed by atoms with Crippen molar-refractivity contribution in [3.05, 3.63) is 65.2 Å². The molecule has 0 aliphatic carbocycles. The average Bonchev–Trinajstić information content (AvgIpc) is 2.91. The Balaban J connectivity index is 1.61. The van der Waals surface area contributed by atoms with Crippen molar-refractivity contribution in [2.75, 3.05) is 13.2 Å². The first-order chi connectivity index (χ1) is 18.3. The Morgan fingerprint density at radius 2 is 2.00 bits per heavy atom. The predicted octanol–water partition coefficient (Wildman–Crippen LogP) is 4.72. The molecule has 2 heterocycles. The summed E-state index contributed by atoms with van der Waals surface area (Å²) >= 11 is 0. The number of rotatable bonds is 10. The lowest BCUT2D eigenvalue weighted by Gasteiger charge is -2.40. The molecular weight excluding hydrogens is 494 g/mol. The molecule has 38 heavy (non-hydrogen) atoms. The van der Waals surface area contributed by atoms with Crippen LogP contribution in [0.25, 0.3) is 0 Å². The molecule has 2 amide bonds.